The van der Waals surface area contributed by atoms with Crippen LogP contribution in [-0.2, 0) is 14.3 Å². The molecule has 1 amide bonds. The highest BCUT2D eigenvalue weighted by Gasteiger charge is 2.38. The Kier molecular flexibility index (Phi) is 6.12. The van der Waals surface area contributed by atoms with Gasteiger partial charge in [0.15, 0.2) is 6.61 Å². The van der Waals surface area contributed by atoms with E-state index in [0.717, 1.165) is 0 Å². The fraction of sp³-hybridized carbons (Fsp3) is 0.150. The number of carbonyl (C=O) groups is 2. The van der Waals surface area contributed by atoms with E-state index in [1.165, 1.54) is 31.4 Å². The lowest BCUT2D eigenvalue weighted by Gasteiger charge is -2.13. The summed E-state index contributed by atoms with van der Waals surface area (Å²) in [5, 5.41) is 2.61. The quantitative estimate of drug-likeness (QED) is 0.589. The van der Waals surface area contributed by atoms with Gasteiger partial charge in [-0.05, 0) is 30.3 Å². The molecule has 30 heavy (non-hydrogen) atoms. The standard InChI is InChI=1S/C20H14ClF3N2O4/c1-29-18(27)10-30-17-9-16(11-2-4-12(21)5-3-11)26-15-7-6-13(8-14(15)17)25-19(28)20(22,23)24/h2-9H,10H2,1H3,(H,25,28). The summed E-state index contributed by atoms with van der Waals surface area (Å²) in [4.78, 5) is 27.2. The third kappa shape index (κ3) is 4.98. The van der Waals surface area contributed by atoms with Gasteiger partial charge in [0.05, 0.1) is 18.3 Å². The highest BCUT2D eigenvalue weighted by Crippen LogP contribution is 2.33. The zero-order chi connectivity index (χ0) is 21.9. The van der Waals surface area contributed by atoms with Gasteiger partial charge in [-0.2, -0.15) is 13.2 Å². The molecule has 0 saturated heterocycles. The monoisotopic (exact) mass is 438 g/mol. The molecule has 6 nitrogen and oxygen atoms in total. The van der Waals surface area contributed by atoms with E-state index in [4.69, 9.17) is 16.3 Å². The lowest BCUT2D eigenvalue weighted by Crippen LogP contribution is -2.29. The Hall–Kier alpha value is -3.33. The maximum Gasteiger partial charge on any atom is 0.471 e. The molecular weight excluding hydrogens is 425 g/mol. The Morgan fingerprint density at radius 2 is 1.80 bits per heavy atom. The summed E-state index contributed by atoms with van der Waals surface area (Å²) >= 11 is 5.91. The number of carbonyl (C=O) groups excluding carboxylic acids is 2. The summed E-state index contributed by atoms with van der Waals surface area (Å²) in [5.74, 6) is -2.57. The Bertz CT molecular complexity index is 1100. The normalized spacial score (nSPS) is 11.2. The van der Waals surface area contributed by atoms with E-state index in [1.807, 2.05) is 0 Å². The van der Waals surface area contributed by atoms with Crippen LogP contribution in [0.4, 0.5) is 18.9 Å². The van der Waals surface area contributed by atoms with Gasteiger partial charge in [-0.1, -0.05) is 23.7 Å². The second-order valence-corrected chi connectivity index (χ2v) is 6.50. The van der Waals surface area contributed by atoms with Gasteiger partial charge in [0.1, 0.15) is 5.75 Å². The molecule has 1 heterocycles. The van der Waals surface area contributed by atoms with Gasteiger partial charge >= 0.3 is 18.1 Å². The Labute approximate surface area is 173 Å². The second kappa shape index (κ2) is 8.58. The number of nitrogens with zero attached hydrogens (tertiary/aromatic N) is 1. The molecular formula is C20H14ClF3N2O4. The van der Waals surface area contributed by atoms with E-state index in [9.17, 15) is 22.8 Å². The molecule has 0 fully saturated rings. The Balaban J connectivity index is 2.05. The molecule has 2 aromatic carbocycles. The third-order valence-electron chi connectivity index (χ3n) is 4.00. The smallest absolute Gasteiger partial charge is 0.471 e. The molecule has 0 bridgehead atoms. The topological polar surface area (TPSA) is 77.5 Å². The van der Waals surface area contributed by atoms with Gasteiger partial charge in [-0.15, -0.1) is 0 Å². The van der Waals surface area contributed by atoms with Crippen molar-refractivity contribution >= 4 is 40.1 Å². The number of hydrogen-bond donors (Lipinski definition) is 1. The van der Waals surface area contributed by atoms with Crippen LogP contribution in [0.5, 0.6) is 5.75 Å². The van der Waals surface area contributed by atoms with Crippen molar-refractivity contribution in [2.45, 2.75) is 6.18 Å². The largest absolute Gasteiger partial charge is 0.481 e. The fourth-order valence-electron chi connectivity index (χ4n) is 2.56. The van der Waals surface area contributed by atoms with Gasteiger partial charge in [-0.3, -0.25) is 4.79 Å². The zero-order valence-corrected chi connectivity index (χ0v) is 16.2. The van der Waals surface area contributed by atoms with Gasteiger partial charge in [0.25, 0.3) is 0 Å². The number of alkyl halides is 3. The summed E-state index contributed by atoms with van der Waals surface area (Å²) in [6.45, 7) is -0.422. The number of amides is 1. The first-order valence-electron chi connectivity index (χ1n) is 8.46. The molecule has 0 aliphatic carbocycles. The Morgan fingerprint density at radius 1 is 1.10 bits per heavy atom. The van der Waals surface area contributed by atoms with Crippen LogP contribution in [0.25, 0.3) is 22.2 Å². The number of pyridine rings is 1. The number of methoxy groups -OCH3 is 1. The molecule has 0 atom stereocenters. The van der Waals surface area contributed by atoms with Gasteiger partial charge in [0, 0.05) is 27.7 Å². The number of fused-ring (bicyclic) bond motifs is 1. The van der Waals surface area contributed by atoms with E-state index in [-0.39, 0.29) is 11.4 Å². The number of rotatable bonds is 5. The summed E-state index contributed by atoms with van der Waals surface area (Å²) in [6, 6.07) is 12.4. The maximum atomic E-state index is 12.5. The molecule has 10 heteroatoms. The lowest BCUT2D eigenvalue weighted by molar-refractivity contribution is -0.167. The van der Waals surface area contributed by atoms with Crippen LogP contribution >= 0.6 is 11.6 Å². The first-order valence-corrected chi connectivity index (χ1v) is 8.83. The molecule has 3 rings (SSSR count). The third-order valence-corrected chi connectivity index (χ3v) is 4.25. The number of nitrogens with one attached hydrogen (secondary N) is 1. The number of benzene rings is 2. The summed E-state index contributed by atoms with van der Waals surface area (Å²) in [5.41, 5.74) is 1.48. The first-order chi connectivity index (χ1) is 14.2. The van der Waals surface area contributed by atoms with E-state index < -0.39 is 24.7 Å². The average molecular weight is 439 g/mol. The van der Waals surface area contributed by atoms with E-state index >= 15 is 0 Å². The van der Waals surface area contributed by atoms with Crippen molar-refractivity contribution in [3.8, 4) is 17.0 Å². The van der Waals surface area contributed by atoms with Crippen LogP contribution in [0.3, 0.4) is 0 Å². The number of anilines is 1. The van der Waals surface area contributed by atoms with Crippen LogP contribution in [-0.4, -0.2) is 36.8 Å². The predicted molar refractivity (Wildman–Crippen MR) is 104 cm³/mol. The highest BCUT2D eigenvalue weighted by atomic mass is 35.5. The van der Waals surface area contributed by atoms with Gasteiger partial charge in [0.2, 0.25) is 0 Å². The molecule has 0 radical (unpaired) electrons. The molecule has 0 unspecified atom stereocenters. The molecule has 1 N–H and O–H groups in total. The molecule has 0 aliphatic rings. The van der Waals surface area contributed by atoms with Crippen molar-refractivity contribution in [3.63, 3.8) is 0 Å². The summed E-state index contributed by atoms with van der Waals surface area (Å²) in [6.07, 6.45) is -5.03. The number of esters is 1. The lowest BCUT2D eigenvalue weighted by atomic mass is 10.1. The van der Waals surface area contributed by atoms with Crippen LogP contribution in [0.15, 0.2) is 48.5 Å². The number of halogens is 4. The first kappa shape index (κ1) is 21.4. The summed E-state index contributed by atoms with van der Waals surface area (Å²) in [7, 11) is 1.19. The van der Waals surface area contributed by atoms with Crippen molar-refractivity contribution in [2.24, 2.45) is 0 Å². The number of aromatic nitrogens is 1. The Morgan fingerprint density at radius 3 is 2.43 bits per heavy atom. The zero-order valence-electron chi connectivity index (χ0n) is 15.4. The van der Waals surface area contributed by atoms with Crippen LogP contribution < -0.4 is 10.1 Å². The molecule has 3 aromatic rings. The number of hydrogen-bond acceptors (Lipinski definition) is 5. The fourth-order valence-corrected chi connectivity index (χ4v) is 2.68. The molecule has 0 spiro atoms. The molecule has 156 valence electrons. The van der Waals surface area contributed by atoms with Crippen molar-refractivity contribution in [3.05, 3.63) is 53.6 Å². The second-order valence-electron chi connectivity index (χ2n) is 6.06. The van der Waals surface area contributed by atoms with E-state index in [1.54, 1.807) is 29.6 Å². The predicted octanol–water partition coefficient (Wildman–Crippen LogP) is 4.61. The SMILES string of the molecule is COC(=O)COc1cc(-c2ccc(Cl)cc2)nc2ccc(NC(=O)C(F)(F)F)cc12. The maximum absolute atomic E-state index is 12.5. The minimum atomic E-state index is -5.03. The minimum Gasteiger partial charge on any atom is -0.481 e. The van der Waals surface area contributed by atoms with Crippen LogP contribution in [0.1, 0.15) is 0 Å². The number of ether oxygens (including phenoxy) is 2. The summed E-state index contributed by atoms with van der Waals surface area (Å²) < 4.78 is 47.7. The van der Waals surface area contributed by atoms with E-state index in [2.05, 4.69) is 9.72 Å². The van der Waals surface area contributed by atoms with Crippen LogP contribution in [0.2, 0.25) is 5.02 Å². The van der Waals surface area contributed by atoms with Crippen LogP contribution in [0, 0.1) is 0 Å². The van der Waals surface area contributed by atoms with Crippen molar-refractivity contribution in [1.82, 2.24) is 4.98 Å². The average Bonchev–Trinajstić information content (AvgIpc) is 2.71. The van der Waals surface area contributed by atoms with Crippen molar-refractivity contribution < 1.29 is 32.2 Å². The molecule has 0 saturated carbocycles. The van der Waals surface area contributed by atoms with Gasteiger partial charge < -0.3 is 14.8 Å². The molecule has 0 aliphatic heterocycles. The minimum absolute atomic E-state index is 0.103. The van der Waals surface area contributed by atoms with Crippen molar-refractivity contribution in [1.29, 1.82) is 0 Å². The van der Waals surface area contributed by atoms with Crippen molar-refractivity contribution in [2.75, 3.05) is 19.0 Å². The van der Waals surface area contributed by atoms with E-state index in [0.29, 0.717) is 27.2 Å². The highest BCUT2D eigenvalue weighted by molar-refractivity contribution is 6.30. The van der Waals surface area contributed by atoms with Gasteiger partial charge in [-0.25, -0.2) is 9.78 Å². The molecule has 1 aromatic heterocycles.